The number of fused-ring (bicyclic) bond motifs is 1. The van der Waals surface area contributed by atoms with Gasteiger partial charge in [0.25, 0.3) is 5.91 Å². The lowest BCUT2D eigenvalue weighted by atomic mass is 10.1. The zero-order valence-corrected chi connectivity index (χ0v) is 15.3. The Bertz CT molecular complexity index is 904. The van der Waals surface area contributed by atoms with Crippen LogP contribution in [0, 0.1) is 0 Å². The summed E-state index contributed by atoms with van der Waals surface area (Å²) in [5.41, 5.74) is 0.829. The lowest BCUT2D eigenvalue weighted by molar-refractivity contribution is 0.102. The highest BCUT2D eigenvalue weighted by molar-refractivity contribution is 7.91. The Hall–Kier alpha value is -2.74. The molecule has 2 aromatic rings. The van der Waals surface area contributed by atoms with E-state index in [0.717, 1.165) is 0 Å². The van der Waals surface area contributed by atoms with Crippen LogP contribution in [-0.4, -0.2) is 40.4 Å². The van der Waals surface area contributed by atoms with Crippen molar-refractivity contribution in [3.8, 4) is 17.2 Å². The Kier molecular flexibility index (Phi) is 5.03. The molecule has 0 atom stereocenters. The van der Waals surface area contributed by atoms with E-state index in [1.165, 1.54) is 19.2 Å². The number of sulfone groups is 1. The fraction of sp³-hybridized carbons (Fsp3) is 0.278. The van der Waals surface area contributed by atoms with Gasteiger partial charge in [0, 0.05) is 11.3 Å². The number of hydrogen-bond acceptors (Lipinski definition) is 6. The fourth-order valence-electron chi connectivity index (χ4n) is 2.52. The lowest BCUT2D eigenvalue weighted by Gasteiger charge is -2.21. The molecular weight excluding hydrogens is 358 g/mol. The van der Waals surface area contributed by atoms with E-state index < -0.39 is 9.84 Å². The summed E-state index contributed by atoms with van der Waals surface area (Å²) in [4.78, 5) is 12.7. The topological polar surface area (TPSA) is 90.9 Å². The quantitative estimate of drug-likeness (QED) is 0.861. The summed E-state index contributed by atoms with van der Waals surface area (Å²) in [6, 6.07) is 9.20. The van der Waals surface area contributed by atoms with Gasteiger partial charge >= 0.3 is 0 Å². The molecule has 7 nitrogen and oxygen atoms in total. The number of carbonyl (C=O) groups is 1. The van der Waals surface area contributed by atoms with E-state index in [1.54, 1.807) is 31.2 Å². The third kappa shape index (κ3) is 3.60. The lowest BCUT2D eigenvalue weighted by Crippen LogP contribution is -2.18. The van der Waals surface area contributed by atoms with Gasteiger partial charge < -0.3 is 19.5 Å². The molecule has 3 rings (SSSR count). The molecule has 0 spiro atoms. The minimum Gasteiger partial charge on any atom is -0.493 e. The molecular formula is C18H19NO6S. The third-order valence-corrected chi connectivity index (χ3v) is 5.69. The molecule has 8 heteroatoms. The second-order valence-corrected chi connectivity index (χ2v) is 7.86. The summed E-state index contributed by atoms with van der Waals surface area (Å²) < 4.78 is 40.0. The van der Waals surface area contributed by atoms with Crippen molar-refractivity contribution in [2.24, 2.45) is 0 Å². The van der Waals surface area contributed by atoms with E-state index in [9.17, 15) is 13.2 Å². The van der Waals surface area contributed by atoms with Crippen LogP contribution in [0.5, 0.6) is 17.2 Å². The van der Waals surface area contributed by atoms with Crippen LogP contribution in [0.1, 0.15) is 17.3 Å². The van der Waals surface area contributed by atoms with Gasteiger partial charge in [-0.05, 0) is 36.4 Å². The molecule has 138 valence electrons. The van der Waals surface area contributed by atoms with Crippen molar-refractivity contribution < 1.29 is 27.4 Å². The number of amides is 1. The number of ether oxygens (including phenoxy) is 3. The molecule has 0 unspecified atom stereocenters. The van der Waals surface area contributed by atoms with Crippen LogP contribution in [0.4, 0.5) is 5.69 Å². The SMILES string of the molecule is CCS(=O)(=O)c1ccc(NC(=O)c2cc(OC)c3c(c2)OCCO3)cc1. The van der Waals surface area contributed by atoms with Crippen LogP contribution in [0.3, 0.4) is 0 Å². The number of anilines is 1. The summed E-state index contributed by atoms with van der Waals surface area (Å²) in [7, 11) is -1.79. The zero-order valence-electron chi connectivity index (χ0n) is 14.4. The maximum Gasteiger partial charge on any atom is 0.255 e. The standard InChI is InChI=1S/C18H19NO6S/c1-3-26(21,22)14-6-4-13(5-7-14)19-18(20)12-10-15(23-2)17-16(11-12)24-8-9-25-17/h4-7,10-11H,3,8-9H2,1-2H3,(H,19,20). The molecule has 0 saturated heterocycles. The number of hydrogen-bond donors (Lipinski definition) is 1. The number of nitrogens with one attached hydrogen (secondary N) is 1. The van der Waals surface area contributed by atoms with E-state index in [-0.39, 0.29) is 16.6 Å². The van der Waals surface area contributed by atoms with Crippen molar-refractivity contribution in [2.75, 3.05) is 31.4 Å². The maximum absolute atomic E-state index is 12.5. The molecule has 1 aliphatic heterocycles. The van der Waals surface area contributed by atoms with Crippen LogP contribution >= 0.6 is 0 Å². The number of rotatable bonds is 5. The van der Waals surface area contributed by atoms with E-state index in [1.807, 2.05) is 0 Å². The average Bonchev–Trinajstić information content (AvgIpc) is 2.67. The Balaban J connectivity index is 1.82. The van der Waals surface area contributed by atoms with Crippen LogP contribution in [0.15, 0.2) is 41.3 Å². The van der Waals surface area contributed by atoms with Gasteiger partial charge in [-0.3, -0.25) is 4.79 Å². The molecule has 1 amide bonds. The first-order chi connectivity index (χ1) is 12.4. The van der Waals surface area contributed by atoms with Gasteiger partial charge in [-0.2, -0.15) is 0 Å². The molecule has 0 aliphatic carbocycles. The first-order valence-electron chi connectivity index (χ1n) is 8.06. The van der Waals surface area contributed by atoms with Gasteiger partial charge in [-0.25, -0.2) is 8.42 Å². The van der Waals surface area contributed by atoms with E-state index in [4.69, 9.17) is 14.2 Å². The van der Waals surface area contributed by atoms with E-state index in [0.29, 0.717) is 41.7 Å². The molecule has 0 aromatic heterocycles. The molecule has 0 bridgehead atoms. The molecule has 2 aromatic carbocycles. The molecule has 0 fully saturated rings. The number of carbonyl (C=O) groups excluding carboxylic acids is 1. The molecule has 1 aliphatic rings. The second kappa shape index (κ2) is 7.25. The first-order valence-corrected chi connectivity index (χ1v) is 9.71. The fourth-order valence-corrected chi connectivity index (χ4v) is 3.40. The Morgan fingerprint density at radius 1 is 1.15 bits per heavy atom. The number of methoxy groups -OCH3 is 1. The van der Waals surface area contributed by atoms with Gasteiger partial charge in [-0.1, -0.05) is 6.92 Å². The van der Waals surface area contributed by atoms with Crippen molar-refractivity contribution >= 4 is 21.4 Å². The van der Waals surface area contributed by atoms with E-state index >= 15 is 0 Å². The van der Waals surface area contributed by atoms with Gasteiger partial charge in [0.05, 0.1) is 17.8 Å². The van der Waals surface area contributed by atoms with Gasteiger partial charge in [0.15, 0.2) is 21.3 Å². The largest absolute Gasteiger partial charge is 0.493 e. The summed E-state index contributed by atoms with van der Waals surface area (Å²) >= 11 is 0. The van der Waals surface area contributed by atoms with Crippen molar-refractivity contribution in [3.05, 3.63) is 42.0 Å². The normalized spacial score (nSPS) is 13.2. The molecule has 1 N–H and O–H groups in total. The van der Waals surface area contributed by atoms with Crippen LogP contribution < -0.4 is 19.5 Å². The van der Waals surface area contributed by atoms with Crippen molar-refractivity contribution in [1.29, 1.82) is 0 Å². The van der Waals surface area contributed by atoms with Crippen molar-refractivity contribution in [1.82, 2.24) is 0 Å². The summed E-state index contributed by atoms with van der Waals surface area (Å²) in [6.07, 6.45) is 0. The smallest absolute Gasteiger partial charge is 0.255 e. The highest BCUT2D eigenvalue weighted by atomic mass is 32.2. The minimum absolute atomic E-state index is 0.0235. The summed E-state index contributed by atoms with van der Waals surface area (Å²) in [5.74, 6) is 0.994. The monoisotopic (exact) mass is 377 g/mol. The molecule has 0 saturated carbocycles. The van der Waals surface area contributed by atoms with Gasteiger partial charge in [0.2, 0.25) is 5.75 Å². The van der Waals surface area contributed by atoms with Crippen molar-refractivity contribution in [3.63, 3.8) is 0 Å². The maximum atomic E-state index is 12.5. The Morgan fingerprint density at radius 3 is 2.50 bits per heavy atom. The van der Waals surface area contributed by atoms with Gasteiger partial charge in [-0.15, -0.1) is 0 Å². The third-order valence-electron chi connectivity index (χ3n) is 3.94. The Morgan fingerprint density at radius 2 is 1.85 bits per heavy atom. The average molecular weight is 377 g/mol. The van der Waals surface area contributed by atoms with Gasteiger partial charge in [0.1, 0.15) is 13.2 Å². The number of benzene rings is 2. The highest BCUT2D eigenvalue weighted by Crippen LogP contribution is 2.40. The van der Waals surface area contributed by atoms with Crippen molar-refractivity contribution in [2.45, 2.75) is 11.8 Å². The molecule has 1 heterocycles. The minimum atomic E-state index is -3.27. The molecule has 0 radical (unpaired) electrons. The highest BCUT2D eigenvalue weighted by Gasteiger charge is 2.21. The summed E-state index contributed by atoms with van der Waals surface area (Å²) in [5, 5.41) is 2.73. The van der Waals surface area contributed by atoms with Crippen LogP contribution in [0.25, 0.3) is 0 Å². The van der Waals surface area contributed by atoms with Crippen LogP contribution in [-0.2, 0) is 9.84 Å². The Labute approximate surface area is 151 Å². The zero-order chi connectivity index (χ0) is 18.7. The van der Waals surface area contributed by atoms with Crippen LogP contribution in [0.2, 0.25) is 0 Å². The summed E-state index contributed by atoms with van der Waals surface area (Å²) in [6.45, 7) is 2.40. The second-order valence-electron chi connectivity index (χ2n) is 5.58. The van der Waals surface area contributed by atoms with E-state index in [2.05, 4.69) is 5.32 Å². The predicted molar refractivity (Wildman–Crippen MR) is 96.1 cm³/mol. The first kappa shape index (κ1) is 18.1. The molecule has 26 heavy (non-hydrogen) atoms. The predicted octanol–water partition coefficient (Wildman–Crippen LogP) is 2.51.